The number of sulfone groups is 1. The Morgan fingerprint density at radius 2 is 1.92 bits per heavy atom. The van der Waals surface area contributed by atoms with Crippen molar-refractivity contribution in [3.05, 3.63) is 29.8 Å². The Kier molecular flexibility index (Phi) is 5.35. The van der Waals surface area contributed by atoms with Gasteiger partial charge >= 0.3 is 0 Å². The number of carbonyl (C=O) groups is 1. The normalized spacial score (nSPS) is 24.3. The summed E-state index contributed by atoms with van der Waals surface area (Å²) in [6.07, 6.45) is 0.673. The lowest BCUT2D eigenvalue weighted by atomic mass is 10.2. The number of hydrogen-bond acceptors (Lipinski definition) is 5. The molecule has 0 saturated carbocycles. The van der Waals surface area contributed by atoms with Gasteiger partial charge in [0.05, 0.1) is 23.7 Å². The number of rotatable bonds is 4. The lowest BCUT2D eigenvalue weighted by molar-refractivity contribution is -0.117. The van der Waals surface area contributed by atoms with Gasteiger partial charge in [0.2, 0.25) is 5.91 Å². The van der Waals surface area contributed by atoms with Gasteiger partial charge in [0.1, 0.15) is 11.6 Å². The van der Waals surface area contributed by atoms with E-state index in [0.717, 1.165) is 12.1 Å². The van der Waals surface area contributed by atoms with Gasteiger partial charge in [0, 0.05) is 38.3 Å². The Hall–Kier alpha value is -1.58. The maximum absolute atomic E-state index is 13.6. The van der Waals surface area contributed by atoms with Crippen LogP contribution in [0.1, 0.15) is 6.42 Å². The average molecular weight is 373 g/mol. The Morgan fingerprint density at radius 3 is 2.52 bits per heavy atom. The first-order valence-corrected chi connectivity index (χ1v) is 10.1. The fraction of sp³-hybridized carbons (Fsp3) is 0.562. The molecule has 0 aromatic heterocycles. The van der Waals surface area contributed by atoms with E-state index in [0.29, 0.717) is 32.6 Å². The molecule has 0 unspecified atom stereocenters. The Morgan fingerprint density at radius 1 is 1.20 bits per heavy atom. The van der Waals surface area contributed by atoms with Gasteiger partial charge in [-0.1, -0.05) is 0 Å². The van der Waals surface area contributed by atoms with Crippen molar-refractivity contribution in [1.29, 1.82) is 0 Å². The van der Waals surface area contributed by atoms with Crippen molar-refractivity contribution in [2.45, 2.75) is 12.5 Å². The van der Waals surface area contributed by atoms with E-state index in [-0.39, 0.29) is 35.7 Å². The molecule has 6 nitrogen and oxygen atoms in total. The monoisotopic (exact) mass is 373 g/mol. The van der Waals surface area contributed by atoms with E-state index in [1.54, 1.807) is 0 Å². The van der Waals surface area contributed by atoms with Gasteiger partial charge in [0.25, 0.3) is 0 Å². The number of hydrogen-bond donors (Lipinski definition) is 1. The van der Waals surface area contributed by atoms with Crippen LogP contribution in [0.2, 0.25) is 0 Å². The number of nitrogens with one attached hydrogen (secondary N) is 1. The third kappa shape index (κ3) is 4.74. The molecule has 2 aliphatic rings. The van der Waals surface area contributed by atoms with Gasteiger partial charge in [-0.05, 0) is 18.6 Å². The quantitative estimate of drug-likeness (QED) is 0.842. The molecule has 138 valence electrons. The Balaban J connectivity index is 1.46. The first-order valence-electron chi connectivity index (χ1n) is 8.24. The van der Waals surface area contributed by atoms with Gasteiger partial charge in [-0.25, -0.2) is 17.2 Å². The SMILES string of the molecule is O=C(CN1CCN([C@@H]2CCS(=O)(=O)C2)CC1)Nc1ccc(F)cc1F. The van der Waals surface area contributed by atoms with Crippen LogP contribution in [0.4, 0.5) is 14.5 Å². The smallest absolute Gasteiger partial charge is 0.238 e. The number of amides is 1. The minimum atomic E-state index is -2.90. The van der Waals surface area contributed by atoms with E-state index in [1.807, 2.05) is 4.90 Å². The molecular formula is C16H21F2N3O3S. The van der Waals surface area contributed by atoms with Crippen LogP contribution in [0.25, 0.3) is 0 Å². The summed E-state index contributed by atoms with van der Waals surface area (Å²) in [7, 11) is -2.90. The molecule has 0 bridgehead atoms. The predicted molar refractivity (Wildman–Crippen MR) is 90.1 cm³/mol. The summed E-state index contributed by atoms with van der Waals surface area (Å²) in [6, 6.07) is 3.09. The first kappa shape index (κ1) is 18.2. The molecule has 1 aromatic rings. The van der Waals surface area contributed by atoms with Crippen LogP contribution in [0.3, 0.4) is 0 Å². The molecule has 1 atom stereocenters. The number of piperazine rings is 1. The van der Waals surface area contributed by atoms with Gasteiger partial charge in [-0.15, -0.1) is 0 Å². The molecule has 2 aliphatic heterocycles. The molecule has 0 radical (unpaired) electrons. The zero-order valence-electron chi connectivity index (χ0n) is 13.7. The molecule has 1 N–H and O–H groups in total. The largest absolute Gasteiger partial charge is 0.322 e. The van der Waals surface area contributed by atoms with Crippen molar-refractivity contribution in [1.82, 2.24) is 9.80 Å². The molecular weight excluding hydrogens is 352 g/mol. The Labute approximate surface area is 145 Å². The standard InChI is InChI=1S/C16H21F2N3O3S/c17-12-1-2-15(14(18)9-12)19-16(22)10-20-4-6-21(7-5-20)13-3-8-25(23,24)11-13/h1-2,9,13H,3-8,10-11H2,(H,19,22)/t13-/m1/s1. The number of carbonyl (C=O) groups excluding carboxylic acids is 1. The summed E-state index contributed by atoms with van der Waals surface area (Å²) in [6.45, 7) is 2.83. The van der Waals surface area contributed by atoms with Crippen LogP contribution in [0.15, 0.2) is 18.2 Å². The first-order chi connectivity index (χ1) is 11.8. The molecule has 2 heterocycles. The van der Waals surface area contributed by atoms with Crippen LogP contribution in [0, 0.1) is 11.6 Å². The van der Waals surface area contributed by atoms with Crippen molar-refractivity contribution in [3.8, 4) is 0 Å². The zero-order chi connectivity index (χ0) is 18.0. The topological polar surface area (TPSA) is 69.7 Å². The molecule has 3 rings (SSSR count). The van der Waals surface area contributed by atoms with Crippen molar-refractivity contribution >= 4 is 21.4 Å². The summed E-state index contributed by atoms with van der Waals surface area (Å²) < 4.78 is 49.6. The summed E-state index contributed by atoms with van der Waals surface area (Å²) >= 11 is 0. The van der Waals surface area contributed by atoms with Gasteiger partial charge in [-0.3, -0.25) is 14.6 Å². The van der Waals surface area contributed by atoms with Crippen molar-refractivity contribution in [2.75, 3.05) is 49.5 Å². The van der Waals surface area contributed by atoms with Crippen LogP contribution in [-0.2, 0) is 14.6 Å². The summed E-state index contributed by atoms with van der Waals surface area (Å²) in [5.41, 5.74) is -0.0406. The Bertz CT molecular complexity index is 749. The van der Waals surface area contributed by atoms with E-state index in [2.05, 4.69) is 10.2 Å². The molecule has 25 heavy (non-hydrogen) atoms. The molecule has 2 fully saturated rings. The molecule has 9 heteroatoms. The van der Waals surface area contributed by atoms with Gasteiger partial charge < -0.3 is 5.32 Å². The molecule has 2 saturated heterocycles. The van der Waals surface area contributed by atoms with Gasteiger partial charge in [-0.2, -0.15) is 0 Å². The van der Waals surface area contributed by atoms with Gasteiger partial charge in [0.15, 0.2) is 9.84 Å². The fourth-order valence-electron chi connectivity index (χ4n) is 3.33. The summed E-state index contributed by atoms with van der Waals surface area (Å²) in [4.78, 5) is 16.1. The van der Waals surface area contributed by atoms with Crippen LogP contribution in [-0.4, -0.2) is 74.4 Å². The van der Waals surface area contributed by atoms with Crippen molar-refractivity contribution < 1.29 is 22.0 Å². The fourth-order valence-corrected chi connectivity index (χ4v) is 5.10. The van der Waals surface area contributed by atoms with Crippen LogP contribution >= 0.6 is 0 Å². The van der Waals surface area contributed by atoms with E-state index in [1.165, 1.54) is 6.07 Å². The number of anilines is 1. The third-order valence-electron chi connectivity index (χ3n) is 4.70. The minimum absolute atomic E-state index is 0.0406. The molecule has 0 aliphatic carbocycles. The third-order valence-corrected chi connectivity index (χ3v) is 6.45. The maximum Gasteiger partial charge on any atom is 0.238 e. The lowest BCUT2D eigenvalue weighted by Crippen LogP contribution is -2.52. The van der Waals surface area contributed by atoms with E-state index < -0.39 is 21.5 Å². The minimum Gasteiger partial charge on any atom is -0.322 e. The second-order valence-corrected chi connectivity index (χ2v) is 8.77. The highest BCUT2D eigenvalue weighted by Crippen LogP contribution is 2.19. The molecule has 0 spiro atoms. The lowest BCUT2D eigenvalue weighted by Gasteiger charge is -2.37. The highest BCUT2D eigenvalue weighted by atomic mass is 32.2. The van der Waals surface area contributed by atoms with Crippen molar-refractivity contribution in [3.63, 3.8) is 0 Å². The molecule has 1 aromatic carbocycles. The highest BCUT2D eigenvalue weighted by molar-refractivity contribution is 7.91. The van der Waals surface area contributed by atoms with Crippen LogP contribution in [0.5, 0.6) is 0 Å². The van der Waals surface area contributed by atoms with Crippen molar-refractivity contribution in [2.24, 2.45) is 0 Å². The van der Waals surface area contributed by atoms with E-state index in [9.17, 15) is 22.0 Å². The molecule has 1 amide bonds. The highest BCUT2D eigenvalue weighted by Gasteiger charge is 2.33. The average Bonchev–Trinajstić information content (AvgIpc) is 2.91. The second-order valence-electron chi connectivity index (χ2n) is 6.54. The summed E-state index contributed by atoms with van der Waals surface area (Å²) in [5, 5.41) is 2.45. The van der Waals surface area contributed by atoms with E-state index in [4.69, 9.17) is 0 Å². The predicted octanol–water partition coefficient (Wildman–Crippen LogP) is 0.708. The number of halogens is 2. The number of nitrogens with zero attached hydrogens (tertiary/aromatic N) is 2. The van der Waals surface area contributed by atoms with Crippen LogP contribution < -0.4 is 5.32 Å². The number of benzene rings is 1. The maximum atomic E-state index is 13.6. The summed E-state index contributed by atoms with van der Waals surface area (Å²) in [5.74, 6) is -1.38. The second kappa shape index (κ2) is 7.35. The zero-order valence-corrected chi connectivity index (χ0v) is 14.6. The van der Waals surface area contributed by atoms with E-state index >= 15 is 0 Å².